The highest BCUT2D eigenvalue weighted by atomic mass is 32.1. The number of benzene rings is 2. The number of thiazole rings is 1. The van der Waals surface area contributed by atoms with Crippen LogP contribution in [0.2, 0.25) is 0 Å². The van der Waals surface area contributed by atoms with Gasteiger partial charge in [0.25, 0.3) is 6.23 Å². The smallest absolute Gasteiger partial charge is 0.417 e. The Morgan fingerprint density at radius 2 is 1.82 bits per heavy atom. The second-order valence-corrected chi connectivity index (χ2v) is 9.39. The van der Waals surface area contributed by atoms with Gasteiger partial charge in [0, 0.05) is 11.1 Å². The Morgan fingerprint density at radius 3 is 2.42 bits per heavy atom. The molecule has 1 unspecified atom stereocenters. The van der Waals surface area contributed by atoms with Gasteiger partial charge in [-0.25, -0.2) is 4.98 Å². The third-order valence-electron chi connectivity index (χ3n) is 5.59. The van der Waals surface area contributed by atoms with Crippen LogP contribution in [0, 0.1) is 0 Å². The van der Waals surface area contributed by atoms with E-state index in [1.807, 2.05) is 6.92 Å². The standard InChI is InChI=1S/C25H21F6N3O3S/c1-2-3-4-19-20(38-23(32-19)14-5-7-15(8-6-14)24(26,27)28)13-36-16-9-10-17(18(11-16)25(29,30)31)22-33-21(12-35)37-34-22/h5-12,21H,2-4,13H2,1H3,(H,33,34). The van der Waals surface area contributed by atoms with Crippen molar-refractivity contribution in [3.8, 4) is 16.3 Å². The molecule has 0 fully saturated rings. The van der Waals surface area contributed by atoms with Crippen molar-refractivity contribution in [2.45, 2.75) is 51.4 Å². The fraction of sp³-hybridized carbons (Fsp3) is 0.320. The van der Waals surface area contributed by atoms with Crippen molar-refractivity contribution in [3.05, 3.63) is 69.7 Å². The quantitative estimate of drug-likeness (QED) is 0.238. The molecule has 1 aliphatic rings. The summed E-state index contributed by atoms with van der Waals surface area (Å²) in [5.74, 6) is -0.287. The Kier molecular flexibility index (Phi) is 7.95. The molecule has 0 spiro atoms. The molecular weight excluding hydrogens is 536 g/mol. The van der Waals surface area contributed by atoms with Gasteiger partial charge in [0.1, 0.15) is 17.4 Å². The van der Waals surface area contributed by atoms with Crippen molar-refractivity contribution in [1.82, 2.24) is 10.3 Å². The van der Waals surface area contributed by atoms with Crippen molar-refractivity contribution >= 4 is 23.5 Å². The molecule has 2 aromatic carbocycles. The minimum atomic E-state index is -4.75. The molecule has 1 atom stereocenters. The highest BCUT2D eigenvalue weighted by Crippen LogP contribution is 2.37. The maximum Gasteiger partial charge on any atom is 0.417 e. The van der Waals surface area contributed by atoms with Gasteiger partial charge in [-0.2, -0.15) is 26.3 Å². The van der Waals surface area contributed by atoms with Gasteiger partial charge in [-0.15, -0.1) is 11.3 Å². The van der Waals surface area contributed by atoms with Crippen molar-refractivity contribution in [1.29, 1.82) is 0 Å². The Bertz CT molecular complexity index is 1320. The van der Waals surface area contributed by atoms with Crippen LogP contribution in [0.5, 0.6) is 5.75 Å². The van der Waals surface area contributed by atoms with E-state index in [0.29, 0.717) is 33.8 Å². The number of hydrogen-bond acceptors (Lipinski definition) is 7. The van der Waals surface area contributed by atoms with Gasteiger partial charge in [-0.3, -0.25) is 4.79 Å². The highest BCUT2D eigenvalue weighted by Gasteiger charge is 2.37. The van der Waals surface area contributed by atoms with E-state index in [4.69, 9.17) is 9.57 Å². The first-order valence-electron chi connectivity index (χ1n) is 11.5. The van der Waals surface area contributed by atoms with Crippen LogP contribution >= 0.6 is 11.3 Å². The number of nitrogens with zero attached hydrogens (tertiary/aromatic N) is 2. The lowest BCUT2D eigenvalue weighted by molar-refractivity contribution is -0.138. The van der Waals surface area contributed by atoms with Crippen molar-refractivity contribution < 1.29 is 40.7 Å². The van der Waals surface area contributed by atoms with Gasteiger partial charge in [-0.1, -0.05) is 30.6 Å². The van der Waals surface area contributed by atoms with E-state index >= 15 is 0 Å². The van der Waals surface area contributed by atoms with Crippen molar-refractivity contribution in [3.63, 3.8) is 0 Å². The molecule has 6 nitrogen and oxygen atoms in total. The number of aryl methyl sites for hydroxylation is 1. The van der Waals surface area contributed by atoms with Crippen molar-refractivity contribution in [2.75, 3.05) is 0 Å². The first-order valence-corrected chi connectivity index (χ1v) is 12.3. The highest BCUT2D eigenvalue weighted by molar-refractivity contribution is 7.15. The van der Waals surface area contributed by atoms with Crippen LogP contribution in [0.4, 0.5) is 26.3 Å². The van der Waals surface area contributed by atoms with Gasteiger partial charge in [0.2, 0.25) is 0 Å². The largest absolute Gasteiger partial charge is 0.488 e. The summed E-state index contributed by atoms with van der Waals surface area (Å²) in [4.78, 5) is 20.8. The summed E-state index contributed by atoms with van der Waals surface area (Å²) in [6, 6.07) is 7.96. The minimum absolute atomic E-state index is 0.0570. The zero-order valence-electron chi connectivity index (χ0n) is 19.8. The number of ether oxygens (including phenoxy) is 1. The lowest BCUT2D eigenvalue weighted by Gasteiger charge is -2.15. The molecule has 13 heteroatoms. The summed E-state index contributed by atoms with van der Waals surface area (Å²) >= 11 is 1.21. The number of aromatic nitrogens is 1. The van der Waals surface area contributed by atoms with Gasteiger partial charge < -0.3 is 14.9 Å². The van der Waals surface area contributed by atoms with Crippen LogP contribution in [-0.2, 0) is 35.0 Å². The molecule has 0 amide bonds. The van der Waals surface area contributed by atoms with E-state index in [2.05, 4.69) is 15.5 Å². The lowest BCUT2D eigenvalue weighted by Crippen LogP contribution is -2.32. The average Bonchev–Trinajstić information content (AvgIpc) is 3.52. The number of carbonyl (C=O) groups excluding carboxylic acids is 1. The SMILES string of the molecule is CCCCc1nc(-c2ccc(C(F)(F)F)cc2)sc1COc1ccc(C2=NOC(C=O)N2)c(C(F)(F)F)c1. The molecule has 3 aromatic rings. The van der Waals surface area contributed by atoms with E-state index in [-0.39, 0.29) is 23.8 Å². The number of nitrogens with one attached hydrogen (secondary N) is 1. The van der Waals surface area contributed by atoms with Crippen LogP contribution in [-0.4, -0.2) is 23.3 Å². The monoisotopic (exact) mass is 557 g/mol. The Labute approximate surface area is 217 Å². The van der Waals surface area contributed by atoms with Crippen molar-refractivity contribution in [2.24, 2.45) is 5.16 Å². The fourth-order valence-electron chi connectivity index (χ4n) is 3.65. The second kappa shape index (κ2) is 11.0. The van der Waals surface area contributed by atoms with Gasteiger partial charge in [0.15, 0.2) is 12.1 Å². The van der Waals surface area contributed by atoms with E-state index in [9.17, 15) is 31.1 Å². The van der Waals surface area contributed by atoms with Crippen LogP contribution in [0.25, 0.3) is 10.6 Å². The summed E-state index contributed by atoms with van der Waals surface area (Å²) in [6.45, 7) is 1.91. The summed E-state index contributed by atoms with van der Waals surface area (Å²) in [5.41, 5.74) is -0.932. The average molecular weight is 558 g/mol. The molecule has 2 heterocycles. The van der Waals surface area contributed by atoms with Crippen LogP contribution < -0.4 is 10.1 Å². The number of amidine groups is 1. The molecule has 0 saturated carbocycles. The first kappa shape index (κ1) is 27.4. The van der Waals surface area contributed by atoms with E-state index < -0.39 is 29.7 Å². The molecule has 1 aliphatic heterocycles. The van der Waals surface area contributed by atoms with Gasteiger partial charge in [0.05, 0.1) is 21.7 Å². The number of rotatable bonds is 9. The topological polar surface area (TPSA) is 72.8 Å². The molecule has 4 rings (SSSR count). The zero-order chi connectivity index (χ0) is 27.5. The zero-order valence-corrected chi connectivity index (χ0v) is 20.6. The summed E-state index contributed by atoms with van der Waals surface area (Å²) in [6.07, 6.45) is -7.75. The third-order valence-corrected chi connectivity index (χ3v) is 6.71. The minimum Gasteiger partial charge on any atom is -0.488 e. The number of alkyl halides is 6. The van der Waals surface area contributed by atoms with Crippen LogP contribution in [0.1, 0.15) is 47.0 Å². The molecule has 1 N–H and O–H groups in total. The predicted molar refractivity (Wildman–Crippen MR) is 128 cm³/mol. The summed E-state index contributed by atoms with van der Waals surface area (Å²) < 4.78 is 85.8. The summed E-state index contributed by atoms with van der Waals surface area (Å²) in [5, 5.41) is 6.45. The number of hydrogen-bond donors (Lipinski definition) is 1. The maximum absolute atomic E-state index is 13.8. The van der Waals surface area contributed by atoms with Crippen LogP contribution in [0.3, 0.4) is 0 Å². The number of unbranched alkanes of at least 4 members (excludes halogenated alkanes) is 1. The molecule has 1 aromatic heterocycles. The number of oxime groups is 1. The number of carbonyl (C=O) groups is 1. The van der Waals surface area contributed by atoms with E-state index in [1.54, 1.807) is 0 Å². The van der Waals surface area contributed by atoms with Gasteiger partial charge in [-0.05, 0) is 43.2 Å². The lowest BCUT2D eigenvalue weighted by atomic mass is 10.1. The van der Waals surface area contributed by atoms with E-state index in [0.717, 1.165) is 31.0 Å². The third kappa shape index (κ3) is 6.26. The predicted octanol–water partition coefficient (Wildman–Crippen LogP) is 6.58. The Morgan fingerprint density at radius 1 is 1.08 bits per heavy atom. The Balaban J connectivity index is 1.57. The fourth-order valence-corrected chi connectivity index (χ4v) is 4.67. The molecule has 38 heavy (non-hydrogen) atoms. The molecule has 0 aliphatic carbocycles. The molecule has 202 valence electrons. The van der Waals surface area contributed by atoms with Crippen LogP contribution in [0.15, 0.2) is 47.6 Å². The van der Waals surface area contributed by atoms with E-state index in [1.165, 1.54) is 35.6 Å². The second-order valence-electron chi connectivity index (χ2n) is 8.31. The maximum atomic E-state index is 13.8. The van der Waals surface area contributed by atoms with Gasteiger partial charge >= 0.3 is 12.4 Å². The summed E-state index contributed by atoms with van der Waals surface area (Å²) in [7, 11) is 0. The molecular formula is C25H21F6N3O3S. The molecule has 0 bridgehead atoms. The Hall–Kier alpha value is -3.61. The molecule has 0 saturated heterocycles. The normalized spacial score (nSPS) is 15.6. The number of aldehydes is 1. The molecule has 0 radical (unpaired) electrons. The number of halogens is 6. The first-order chi connectivity index (χ1) is 18.0.